The zero-order valence-electron chi connectivity index (χ0n) is 14.6. The minimum Gasteiger partial charge on any atom is -0.497 e. The largest absolute Gasteiger partial charge is 0.497 e. The summed E-state index contributed by atoms with van der Waals surface area (Å²) in [5.74, 6) is -0.852. The maximum atomic E-state index is 12.9. The number of ether oxygens (including phenoxy) is 1. The fraction of sp³-hybridized carbons (Fsp3) is 0.176. The van der Waals surface area contributed by atoms with Crippen LogP contribution in [-0.2, 0) is 14.8 Å². The molecule has 10 heteroatoms. The molecule has 27 heavy (non-hydrogen) atoms. The van der Waals surface area contributed by atoms with Crippen molar-refractivity contribution in [2.45, 2.75) is 4.90 Å². The molecule has 8 nitrogen and oxygen atoms in total. The molecule has 0 saturated heterocycles. The molecular weight excluding hydrogens is 394 g/mol. The molecule has 0 radical (unpaired) electrons. The number of hydrogen-bond donors (Lipinski definition) is 2. The highest BCUT2D eigenvalue weighted by Crippen LogP contribution is 2.27. The Hall–Kier alpha value is -2.78. The van der Waals surface area contributed by atoms with E-state index in [9.17, 15) is 18.0 Å². The zero-order valence-corrected chi connectivity index (χ0v) is 16.2. The Labute approximate surface area is 161 Å². The van der Waals surface area contributed by atoms with Crippen LogP contribution in [-0.4, -0.2) is 40.9 Å². The summed E-state index contributed by atoms with van der Waals surface area (Å²) in [6, 6.07) is 10.2. The minimum absolute atomic E-state index is 0.0445. The Balaban J connectivity index is 2.35. The average molecular weight is 412 g/mol. The maximum absolute atomic E-state index is 12.9. The van der Waals surface area contributed by atoms with Crippen LogP contribution in [0.25, 0.3) is 0 Å². The number of carbonyl (C=O) groups excluding carboxylic acids is 2. The van der Waals surface area contributed by atoms with Crippen LogP contribution in [0.4, 0.5) is 5.69 Å². The van der Waals surface area contributed by atoms with Crippen LogP contribution < -0.4 is 20.1 Å². The molecule has 0 atom stereocenters. The van der Waals surface area contributed by atoms with E-state index in [0.29, 0.717) is 11.4 Å². The predicted octanol–water partition coefficient (Wildman–Crippen LogP) is 1.39. The monoisotopic (exact) mass is 411 g/mol. The highest BCUT2D eigenvalue weighted by atomic mass is 35.5. The van der Waals surface area contributed by atoms with Crippen LogP contribution in [0.1, 0.15) is 10.4 Å². The number of rotatable bonds is 7. The number of primary amides is 1. The average Bonchev–Trinajstić information content (AvgIpc) is 2.65. The first kappa shape index (κ1) is 20.5. The standard InChI is InChI=1S/C17H18ClN3O5S/c1-21(11-3-5-12(26-2)6-4-11)27(24,25)13-7-8-15(18)14(9-13)17(23)20-10-16(19)22/h3-9H,10H2,1-2H3,(H2,19,22)(H,20,23). The van der Waals surface area contributed by atoms with Crippen molar-refractivity contribution < 1.29 is 22.7 Å². The van der Waals surface area contributed by atoms with E-state index in [4.69, 9.17) is 22.1 Å². The number of benzene rings is 2. The Kier molecular flexibility index (Phi) is 6.29. The molecule has 0 aromatic heterocycles. The van der Waals surface area contributed by atoms with Crippen molar-refractivity contribution in [2.75, 3.05) is 25.0 Å². The number of halogens is 1. The van der Waals surface area contributed by atoms with Gasteiger partial charge in [0.15, 0.2) is 0 Å². The molecule has 0 aliphatic heterocycles. The van der Waals surface area contributed by atoms with Gasteiger partial charge in [-0.25, -0.2) is 8.42 Å². The highest BCUT2D eigenvalue weighted by Gasteiger charge is 2.24. The van der Waals surface area contributed by atoms with Crippen molar-refractivity contribution >= 4 is 39.1 Å². The molecule has 144 valence electrons. The number of nitrogens with one attached hydrogen (secondary N) is 1. The number of nitrogens with two attached hydrogens (primary N) is 1. The third kappa shape index (κ3) is 4.69. The molecule has 0 spiro atoms. The van der Waals surface area contributed by atoms with Gasteiger partial charge in [0, 0.05) is 7.05 Å². The first-order valence-corrected chi connectivity index (χ1v) is 9.47. The summed E-state index contributed by atoms with van der Waals surface area (Å²) in [4.78, 5) is 22.8. The van der Waals surface area contributed by atoms with Gasteiger partial charge in [0.25, 0.3) is 15.9 Å². The number of carbonyl (C=O) groups is 2. The fourth-order valence-corrected chi connectivity index (χ4v) is 3.62. The lowest BCUT2D eigenvalue weighted by Gasteiger charge is -2.20. The van der Waals surface area contributed by atoms with Gasteiger partial charge in [0.05, 0.1) is 34.8 Å². The molecule has 0 aliphatic carbocycles. The molecule has 0 saturated carbocycles. The summed E-state index contributed by atoms with van der Waals surface area (Å²) < 4.78 is 31.9. The van der Waals surface area contributed by atoms with Crippen LogP contribution in [0.2, 0.25) is 5.02 Å². The van der Waals surface area contributed by atoms with Crippen molar-refractivity contribution in [2.24, 2.45) is 5.73 Å². The van der Waals surface area contributed by atoms with E-state index in [1.54, 1.807) is 24.3 Å². The molecule has 2 rings (SSSR count). The lowest BCUT2D eigenvalue weighted by atomic mass is 10.2. The van der Waals surface area contributed by atoms with E-state index in [0.717, 1.165) is 10.4 Å². The van der Waals surface area contributed by atoms with Gasteiger partial charge in [-0.3, -0.25) is 13.9 Å². The molecule has 0 aliphatic rings. The molecular formula is C17H18ClN3O5S. The van der Waals surface area contributed by atoms with Crippen LogP contribution >= 0.6 is 11.6 Å². The van der Waals surface area contributed by atoms with Gasteiger partial charge in [-0.2, -0.15) is 0 Å². The predicted molar refractivity (Wildman–Crippen MR) is 102 cm³/mol. The first-order valence-electron chi connectivity index (χ1n) is 7.66. The smallest absolute Gasteiger partial charge is 0.264 e. The third-order valence-corrected chi connectivity index (χ3v) is 5.81. The maximum Gasteiger partial charge on any atom is 0.264 e. The highest BCUT2D eigenvalue weighted by molar-refractivity contribution is 7.92. The molecule has 0 heterocycles. The van der Waals surface area contributed by atoms with E-state index in [1.807, 2.05) is 0 Å². The lowest BCUT2D eigenvalue weighted by molar-refractivity contribution is -0.117. The van der Waals surface area contributed by atoms with Crippen LogP contribution in [0, 0.1) is 0 Å². The van der Waals surface area contributed by atoms with E-state index >= 15 is 0 Å². The van der Waals surface area contributed by atoms with Crippen LogP contribution in [0.3, 0.4) is 0 Å². The Morgan fingerprint density at radius 1 is 1.19 bits per heavy atom. The number of methoxy groups -OCH3 is 1. The summed E-state index contributed by atoms with van der Waals surface area (Å²) in [6.45, 7) is -0.391. The van der Waals surface area contributed by atoms with Gasteiger partial charge in [-0.1, -0.05) is 11.6 Å². The van der Waals surface area contributed by atoms with Crippen molar-refractivity contribution in [1.29, 1.82) is 0 Å². The second-order valence-corrected chi connectivity index (χ2v) is 7.84. The molecule has 0 fully saturated rings. The topological polar surface area (TPSA) is 119 Å². The third-order valence-electron chi connectivity index (χ3n) is 3.70. The Bertz CT molecular complexity index is 961. The number of hydrogen-bond acceptors (Lipinski definition) is 5. The van der Waals surface area contributed by atoms with Crippen molar-refractivity contribution in [3.8, 4) is 5.75 Å². The summed E-state index contributed by atoms with van der Waals surface area (Å²) in [5, 5.41) is 2.32. The van der Waals surface area contributed by atoms with E-state index in [-0.39, 0.29) is 15.5 Å². The normalized spacial score (nSPS) is 10.9. The molecule has 3 N–H and O–H groups in total. The summed E-state index contributed by atoms with van der Waals surface area (Å²) in [6.07, 6.45) is 0. The Morgan fingerprint density at radius 3 is 2.37 bits per heavy atom. The van der Waals surface area contributed by atoms with Gasteiger partial charge < -0.3 is 15.8 Å². The number of nitrogens with zero attached hydrogens (tertiary/aromatic N) is 1. The van der Waals surface area contributed by atoms with Gasteiger partial charge >= 0.3 is 0 Å². The molecule has 2 aromatic carbocycles. The van der Waals surface area contributed by atoms with E-state index in [1.165, 1.54) is 26.3 Å². The first-order chi connectivity index (χ1) is 12.7. The second-order valence-electron chi connectivity index (χ2n) is 5.46. The van der Waals surface area contributed by atoms with Gasteiger partial charge in [-0.15, -0.1) is 0 Å². The van der Waals surface area contributed by atoms with Crippen LogP contribution in [0.15, 0.2) is 47.4 Å². The number of anilines is 1. The Morgan fingerprint density at radius 2 is 1.81 bits per heavy atom. The van der Waals surface area contributed by atoms with Crippen molar-refractivity contribution in [3.05, 3.63) is 53.1 Å². The van der Waals surface area contributed by atoms with Gasteiger partial charge in [0.1, 0.15) is 5.75 Å². The molecule has 2 amide bonds. The van der Waals surface area contributed by atoms with Crippen molar-refractivity contribution in [1.82, 2.24) is 5.32 Å². The molecule has 0 bridgehead atoms. The summed E-state index contributed by atoms with van der Waals surface area (Å²) >= 11 is 5.99. The molecule has 0 unspecified atom stereocenters. The fourth-order valence-electron chi connectivity index (χ4n) is 2.19. The zero-order chi connectivity index (χ0) is 20.2. The summed E-state index contributed by atoms with van der Waals surface area (Å²) in [7, 11) is -1.06. The van der Waals surface area contributed by atoms with E-state index in [2.05, 4.69) is 5.32 Å². The number of sulfonamides is 1. The van der Waals surface area contributed by atoms with Gasteiger partial charge in [0.2, 0.25) is 5.91 Å². The van der Waals surface area contributed by atoms with E-state index < -0.39 is 28.4 Å². The minimum atomic E-state index is -3.95. The van der Waals surface area contributed by atoms with Gasteiger partial charge in [-0.05, 0) is 42.5 Å². The van der Waals surface area contributed by atoms with Crippen LogP contribution in [0.5, 0.6) is 5.75 Å². The lowest BCUT2D eigenvalue weighted by Crippen LogP contribution is -2.33. The van der Waals surface area contributed by atoms with Crippen molar-refractivity contribution in [3.63, 3.8) is 0 Å². The molecule has 2 aromatic rings. The number of amides is 2. The summed E-state index contributed by atoms with van der Waals surface area (Å²) in [5.41, 5.74) is 5.31. The SMILES string of the molecule is COc1ccc(N(C)S(=O)(=O)c2ccc(Cl)c(C(=O)NCC(N)=O)c2)cc1. The quantitative estimate of drug-likeness (QED) is 0.713. The second kappa shape index (κ2) is 8.28.